The Morgan fingerprint density at radius 3 is 2.22 bits per heavy atom. The Kier molecular flexibility index (Phi) is 5.55. The van der Waals surface area contributed by atoms with Gasteiger partial charge in [0.1, 0.15) is 5.75 Å². The van der Waals surface area contributed by atoms with Crippen molar-refractivity contribution in [2.24, 2.45) is 0 Å². The van der Waals surface area contributed by atoms with Gasteiger partial charge in [0, 0.05) is 21.3 Å². The molecule has 0 heterocycles. The minimum Gasteiger partial charge on any atom is -0.496 e. The number of aryl methyl sites for hydroxylation is 1. The van der Waals surface area contributed by atoms with Crippen LogP contribution in [0.4, 0.5) is 5.69 Å². The molecule has 2 rings (SSSR count). The van der Waals surface area contributed by atoms with Gasteiger partial charge in [-0.15, -0.1) is 0 Å². The first-order valence-corrected chi connectivity index (χ1v) is 8.03. The van der Waals surface area contributed by atoms with Crippen LogP contribution in [0.15, 0.2) is 30.3 Å². The predicted octanol–water partition coefficient (Wildman–Crippen LogP) is 5.69. The molecule has 0 aromatic heterocycles. The lowest BCUT2D eigenvalue weighted by Crippen LogP contribution is -2.14. The second-order valence-electron chi connectivity index (χ2n) is 5.68. The first kappa shape index (κ1) is 17.6. The lowest BCUT2D eigenvalue weighted by molar-refractivity contribution is 0.102. The SMILES string of the molecule is COc1cc(C)c(C(=O)Nc2cc(Cl)cc(Cl)c2)cc1C(C)C. The maximum atomic E-state index is 12.6. The van der Waals surface area contributed by atoms with Crippen LogP contribution in [0.3, 0.4) is 0 Å². The van der Waals surface area contributed by atoms with Crippen molar-refractivity contribution in [1.29, 1.82) is 0 Å². The van der Waals surface area contributed by atoms with Crippen molar-refractivity contribution in [3.8, 4) is 5.75 Å². The molecule has 0 aliphatic rings. The summed E-state index contributed by atoms with van der Waals surface area (Å²) in [6.07, 6.45) is 0. The molecule has 1 N–H and O–H groups in total. The van der Waals surface area contributed by atoms with Gasteiger partial charge >= 0.3 is 0 Å². The van der Waals surface area contributed by atoms with Gasteiger partial charge in [-0.25, -0.2) is 0 Å². The molecule has 2 aromatic carbocycles. The minimum absolute atomic E-state index is 0.203. The summed E-state index contributed by atoms with van der Waals surface area (Å²) in [5.41, 5.74) is 3.00. The van der Waals surface area contributed by atoms with Gasteiger partial charge in [0.15, 0.2) is 0 Å². The monoisotopic (exact) mass is 351 g/mol. The molecule has 0 bridgehead atoms. The molecular formula is C18H19Cl2NO2. The molecule has 0 saturated carbocycles. The molecule has 2 aromatic rings. The molecule has 0 radical (unpaired) electrons. The number of halogens is 2. The lowest BCUT2D eigenvalue weighted by atomic mass is 9.96. The topological polar surface area (TPSA) is 38.3 Å². The first-order chi connectivity index (χ1) is 10.8. The Labute approximate surface area is 146 Å². The fourth-order valence-corrected chi connectivity index (χ4v) is 2.92. The molecule has 0 spiro atoms. The number of carbonyl (C=O) groups excluding carboxylic acids is 1. The van der Waals surface area contributed by atoms with Crippen molar-refractivity contribution in [2.45, 2.75) is 26.7 Å². The number of anilines is 1. The van der Waals surface area contributed by atoms with E-state index < -0.39 is 0 Å². The number of nitrogens with one attached hydrogen (secondary N) is 1. The Morgan fingerprint density at radius 1 is 1.09 bits per heavy atom. The van der Waals surface area contributed by atoms with E-state index in [9.17, 15) is 4.79 Å². The second kappa shape index (κ2) is 7.24. The van der Waals surface area contributed by atoms with Crippen LogP contribution in [-0.4, -0.2) is 13.0 Å². The summed E-state index contributed by atoms with van der Waals surface area (Å²) in [6, 6.07) is 8.70. The van der Waals surface area contributed by atoms with Gasteiger partial charge < -0.3 is 10.1 Å². The third-order valence-corrected chi connectivity index (χ3v) is 4.00. The molecule has 5 heteroatoms. The van der Waals surface area contributed by atoms with E-state index in [4.69, 9.17) is 27.9 Å². The Balaban J connectivity index is 2.37. The van der Waals surface area contributed by atoms with Crippen molar-refractivity contribution in [2.75, 3.05) is 12.4 Å². The van der Waals surface area contributed by atoms with E-state index in [-0.39, 0.29) is 11.8 Å². The van der Waals surface area contributed by atoms with Gasteiger partial charge in [0.2, 0.25) is 0 Å². The van der Waals surface area contributed by atoms with Gasteiger partial charge in [-0.3, -0.25) is 4.79 Å². The third-order valence-electron chi connectivity index (χ3n) is 3.56. The maximum Gasteiger partial charge on any atom is 0.255 e. The first-order valence-electron chi connectivity index (χ1n) is 7.27. The zero-order valence-corrected chi connectivity index (χ0v) is 15.0. The van der Waals surface area contributed by atoms with Crippen molar-refractivity contribution in [3.05, 3.63) is 57.1 Å². The Morgan fingerprint density at radius 2 is 1.70 bits per heavy atom. The minimum atomic E-state index is -0.203. The zero-order valence-electron chi connectivity index (χ0n) is 13.5. The molecular weight excluding hydrogens is 333 g/mol. The van der Waals surface area contributed by atoms with Crippen molar-refractivity contribution in [1.82, 2.24) is 0 Å². The van der Waals surface area contributed by atoms with E-state index in [1.807, 2.05) is 19.1 Å². The van der Waals surface area contributed by atoms with E-state index in [1.54, 1.807) is 25.3 Å². The zero-order chi connectivity index (χ0) is 17.1. The van der Waals surface area contributed by atoms with Crippen LogP contribution in [-0.2, 0) is 0 Å². The fourth-order valence-electron chi connectivity index (χ4n) is 2.40. The molecule has 23 heavy (non-hydrogen) atoms. The van der Waals surface area contributed by atoms with Crippen LogP contribution in [0.5, 0.6) is 5.75 Å². The van der Waals surface area contributed by atoms with Crippen LogP contribution in [0.1, 0.15) is 41.3 Å². The molecule has 0 aliphatic carbocycles. The van der Waals surface area contributed by atoms with E-state index >= 15 is 0 Å². The number of rotatable bonds is 4. The number of ether oxygens (including phenoxy) is 1. The summed E-state index contributed by atoms with van der Waals surface area (Å²) < 4.78 is 5.41. The molecule has 3 nitrogen and oxygen atoms in total. The largest absolute Gasteiger partial charge is 0.496 e. The molecule has 0 fully saturated rings. The fraction of sp³-hybridized carbons (Fsp3) is 0.278. The Hall–Kier alpha value is -1.71. The molecule has 122 valence electrons. The van der Waals surface area contributed by atoms with Crippen LogP contribution < -0.4 is 10.1 Å². The summed E-state index contributed by atoms with van der Waals surface area (Å²) in [5, 5.41) is 3.78. The molecule has 0 aliphatic heterocycles. The molecule has 0 atom stereocenters. The average Bonchev–Trinajstić information content (AvgIpc) is 2.45. The van der Waals surface area contributed by atoms with Gasteiger partial charge in [0.05, 0.1) is 7.11 Å². The maximum absolute atomic E-state index is 12.6. The number of benzene rings is 2. The van der Waals surface area contributed by atoms with E-state index in [0.29, 0.717) is 21.3 Å². The summed E-state index contributed by atoms with van der Waals surface area (Å²) in [5.74, 6) is 0.836. The van der Waals surface area contributed by atoms with Crippen molar-refractivity contribution in [3.63, 3.8) is 0 Å². The lowest BCUT2D eigenvalue weighted by Gasteiger charge is -2.16. The standard InChI is InChI=1S/C18H19Cl2NO2/c1-10(2)15-9-16(11(3)5-17(15)23-4)18(22)21-14-7-12(19)6-13(20)8-14/h5-10H,1-4H3,(H,21,22). The number of hydrogen-bond donors (Lipinski definition) is 1. The van der Waals surface area contributed by atoms with Crippen LogP contribution in [0.25, 0.3) is 0 Å². The van der Waals surface area contributed by atoms with Crippen LogP contribution >= 0.6 is 23.2 Å². The smallest absolute Gasteiger partial charge is 0.255 e. The van der Waals surface area contributed by atoms with Crippen molar-refractivity contribution < 1.29 is 9.53 Å². The molecule has 0 saturated heterocycles. The highest BCUT2D eigenvalue weighted by Crippen LogP contribution is 2.30. The summed E-state index contributed by atoms with van der Waals surface area (Å²) in [4.78, 5) is 12.6. The molecule has 1 amide bonds. The van der Waals surface area contributed by atoms with E-state index in [0.717, 1.165) is 16.9 Å². The number of methoxy groups -OCH3 is 1. The highest BCUT2D eigenvalue weighted by atomic mass is 35.5. The number of hydrogen-bond acceptors (Lipinski definition) is 2. The van der Waals surface area contributed by atoms with Gasteiger partial charge in [-0.05, 0) is 54.3 Å². The summed E-state index contributed by atoms with van der Waals surface area (Å²) in [7, 11) is 1.63. The summed E-state index contributed by atoms with van der Waals surface area (Å²) >= 11 is 11.9. The average molecular weight is 352 g/mol. The quantitative estimate of drug-likeness (QED) is 0.768. The second-order valence-corrected chi connectivity index (χ2v) is 6.55. The van der Waals surface area contributed by atoms with Crippen LogP contribution in [0, 0.1) is 6.92 Å². The van der Waals surface area contributed by atoms with E-state index in [2.05, 4.69) is 19.2 Å². The number of carbonyl (C=O) groups is 1. The van der Waals surface area contributed by atoms with Crippen molar-refractivity contribution >= 4 is 34.8 Å². The van der Waals surface area contributed by atoms with Gasteiger partial charge in [-0.1, -0.05) is 37.0 Å². The van der Waals surface area contributed by atoms with Gasteiger partial charge in [-0.2, -0.15) is 0 Å². The highest BCUT2D eigenvalue weighted by molar-refractivity contribution is 6.35. The highest BCUT2D eigenvalue weighted by Gasteiger charge is 2.16. The third kappa shape index (κ3) is 4.18. The predicted molar refractivity (Wildman–Crippen MR) is 96.2 cm³/mol. The van der Waals surface area contributed by atoms with E-state index in [1.165, 1.54) is 0 Å². The summed E-state index contributed by atoms with van der Waals surface area (Å²) in [6.45, 7) is 6.00. The normalized spacial score (nSPS) is 10.7. The number of amides is 1. The Bertz CT molecular complexity index is 722. The molecule has 0 unspecified atom stereocenters. The van der Waals surface area contributed by atoms with Gasteiger partial charge in [0.25, 0.3) is 5.91 Å². The van der Waals surface area contributed by atoms with Crippen LogP contribution in [0.2, 0.25) is 10.0 Å².